The molecule has 1 heteroatoms. The Morgan fingerprint density at radius 1 is 0.933 bits per heavy atom. The van der Waals surface area contributed by atoms with Crippen LogP contribution in [0.25, 0.3) is 11.1 Å². The molecule has 0 amide bonds. The number of thioether (sulfide) groups is 1. The molecule has 0 N–H and O–H groups in total. The SMILES string of the molecule is CSc1ccc(C)c(-c2ccccc2)c1. The van der Waals surface area contributed by atoms with E-state index in [9.17, 15) is 0 Å². The first-order chi connectivity index (χ1) is 7.31. The van der Waals surface area contributed by atoms with E-state index in [0.29, 0.717) is 0 Å². The first-order valence-electron chi connectivity index (χ1n) is 5.01. The minimum absolute atomic E-state index is 1.30. The highest BCUT2D eigenvalue weighted by Crippen LogP contribution is 2.27. The molecular weight excluding hydrogens is 200 g/mol. The predicted octanol–water partition coefficient (Wildman–Crippen LogP) is 4.38. The number of rotatable bonds is 2. The van der Waals surface area contributed by atoms with Crippen molar-refractivity contribution in [3.8, 4) is 11.1 Å². The smallest absolute Gasteiger partial charge is 0.00754 e. The molecule has 2 aromatic carbocycles. The van der Waals surface area contributed by atoms with Gasteiger partial charge in [0.1, 0.15) is 0 Å². The maximum atomic E-state index is 2.26. The van der Waals surface area contributed by atoms with Gasteiger partial charge in [-0.25, -0.2) is 0 Å². The third-order valence-corrected chi connectivity index (χ3v) is 3.25. The Labute approximate surface area is 95.3 Å². The summed E-state index contributed by atoms with van der Waals surface area (Å²) in [7, 11) is 0. The summed E-state index contributed by atoms with van der Waals surface area (Å²) in [4.78, 5) is 1.32. The van der Waals surface area contributed by atoms with Crippen molar-refractivity contribution < 1.29 is 0 Å². The summed E-state index contributed by atoms with van der Waals surface area (Å²) >= 11 is 1.79. The van der Waals surface area contributed by atoms with Crippen molar-refractivity contribution in [2.24, 2.45) is 0 Å². The van der Waals surface area contributed by atoms with E-state index in [1.165, 1.54) is 21.6 Å². The van der Waals surface area contributed by atoms with Crippen LogP contribution in [0.3, 0.4) is 0 Å². The quantitative estimate of drug-likeness (QED) is 0.668. The van der Waals surface area contributed by atoms with Gasteiger partial charge in [0.15, 0.2) is 0 Å². The van der Waals surface area contributed by atoms with E-state index in [4.69, 9.17) is 0 Å². The Morgan fingerprint density at radius 2 is 1.67 bits per heavy atom. The lowest BCUT2D eigenvalue weighted by Gasteiger charge is -2.07. The molecule has 0 unspecified atom stereocenters. The molecule has 0 radical (unpaired) electrons. The summed E-state index contributed by atoms with van der Waals surface area (Å²) in [5.74, 6) is 0. The summed E-state index contributed by atoms with van der Waals surface area (Å²) < 4.78 is 0. The lowest BCUT2D eigenvalue weighted by Crippen LogP contribution is -1.83. The summed E-state index contributed by atoms with van der Waals surface area (Å²) in [6, 6.07) is 17.2. The molecule has 0 spiro atoms. The third kappa shape index (κ3) is 2.24. The monoisotopic (exact) mass is 214 g/mol. The maximum absolute atomic E-state index is 2.26. The first kappa shape index (κ1) is 10.3. The van der Waals surface area contributed by atoms with Crippen LogP contribution in [0.2, 0.25) is 0 Å². The Hall–Kier alpha value is -1.21. The van der Waals surface area contributed by atoms with Gasteiger partial charge in [-0.05, 0) is 42.0 Å². The van der Waals surface area contributed by atoms with Crippen molar-refractivity contribution in [2.75, 3.05) is 6.26 Å². The largest absolute Gasteiger partial charge is 0.130 e. The second-order valence-electron chi connectivity index (χ2n) is 3.55. The highest BCUT2D eigenvalue weighted by molar-refractivity contribution is 7.98. The Bertz CT molecular complexity index is 446. The molecular formula is C14H14S. The van der Waals surface area contributed by atoms with Crippen molar-refractivity contribution in [2.45, 2.75) is 11.8 Å². The number of aryl methyl sites for hydroxylation is 1. The fourth-order valence-corrected chi connectivity index (χ4v) is 2.10. The summed E-state index contributed by atoms with van der Waals surface area (Å²) in [5.41, 5.74) is 3.97. The van der Waals surface area contributed by atoms with Crippen LogP contribution in [0.15, 0.2) is 53.4 Å². The standard InChI is InChI=1S/C14H14S/c1-11-8-9-13(15-2)10-14(11)12-6-4-3-5-7-12/h3-10H,1-2H3. The van der Waals surface area contributed by atoms with Gasteiger partial charge in [-0.15, -0.1) is 11.8 Å². The van der Waals surface area contributed by atoms with Crippen molar-refractivity contribution in [3.63, 3.8) is 0 Å². The zero-order valence-electron chi connectivity index (χ0n) is 9.03. The van der Waals surface area contributed by atoms with Crippen LogP contribution >= 0.6 is 11.8 Å². The minimum atomic E-state index is 1.30. The second-order valence-corrected chi connectivity index (χ2v) is 4.43. The van der Waals surface area contributed by atoms with Crippen LogP contribution in [0.5, 0.6) is 0 Å². The van der Waals surface area contributed by atoms with Crippen molar-refractivity contribution in [1.82, 2.24) is 0 Å². The van der Waals surface area contributed by atoms with Crippen LogP contribution in [0.1, 0.15) is 5.56 Å². The minimum Gasteiger partial charge on any atom is -0.130 e. The fraction of sp³-hybridized carbons (Fsp3) is 0.143. The van der Waals surface area contributed by atoms with Gasteiger partial charge in [-0.1, -0.05) is 36.4 Å². The van der Waals surface area contributed by atoms with Crippen LogP contribution in [0, 0.1) is 6.92 Å². The molecule has 0 aliphatic rings. The van der Waals surface area contributed by atoms with E-state index < -0.39 is 0 Å². The molecule has 0 aliphatic heterocycles. The topological polar surface area (TPSA) is 0 Å². The number of hydrogen-bond donors (Lipinski definition) is 0. The molecule has 2 aromatic rings. The van der Waals surface area contributed by atoms with Gasteiger partial charge in [-0.2, -0.15) is 0 Å². The van der Waals surface area contributed by atoms with Crippen molar-refractivity contribution >= 4 is 11.8 Å². The van der Waals surface area contributed by atoms with E-state index in [1.807, 2.05) is 0 Å². The molecule has 0 fully saturated rings. The second kappa shape index (κ2) is 4.54. The summed E-state index contributed by atoms with van der Waals surface area (Å²) in [5, 5.41) is 0. The van der Waals surface area contributed by atoms with Crippen LogP contribution in [-0.2, 0) is 0 Å². The van der Waals surface area contributed by atoms with Gasteiger partial charge < -0.3 is 0 Å². The molecule has 0 heterocycles. The number of hydrogen-bond acceptors (Lipinski definition) is 1. The van der Waals surface area contributed by atoms with E-state index in [2.05, 4.69) is 61.7 Å². The van der Waals surface area contributed by atoms with Crippen LogP contribution in [0.4, 0.5) is 0 Å². The van der Waals surface area contributed by atoms with Gasteiger partial charge in [-0.3, -0.25) is 0 Å². The van der Waals surface area contributed by atoms with E-state index >= 15 is 0 Å². The molecule has 0 atom stereocenters. The zero-order valence-corrected chi connectivity index (χ0v) is 9.84. The van der Waals surface area contributed by atoms with Crippen LogP contribution in [-0.4, -0.2) is 6.26 Å². The normalized spacial score (nSPS) is 10.3. The molecule has 0 saturated heterocycles. The van der Waals surface area contributed by atoms with Crippen molar-refractivity contribution in [3.05, 3.63) is 54.1 Å². The number of benzene rings is 2. The van der Waals surface area contributed by atoms with Gasteiger partial charge in [0, 0.05) is 4.90 Å². The van der Waals surface area contributed by atoms with E-state index in [-0.39, 0.29) is 0 Å². The van der Waals surface area contributed by atoms with Crippen LogP contribution < -0.4 is 0 Å². The lowest BCUT2D eigenvalue weighted by molar-refractivity contribution is 1.37. The highest BCUT2D eigenvalue weighted by atomic mass is 32.2. The maximum Gasteiger partial charge on any atom is 0.00754 e. The molecule has 0 aromatic heterocycles. The Morgan fingerprint density at radius 3 is 2.33 bits per heavy atom. The van der Waals surface area contributed by atoms with E-state index in [1.54, 1.807) is 11.8 Å². The molecule has 15 heavy (non-hydrogen) atoms. The van der Waals surface area contributed by atoms with Gasteiger partial charge in [0.25, 0.3) is 0 Å². The third-order valence-electron chi connectivity index (χ3n) is 2.53. The summed E-state index contributed by atoms with van der Waals surface area (Å²) in [6.45, 7) is 2.16. The molecule has 0 nitrogen and oxygen atoms in total. The summed E-state index contributed by atoms with van der Waals surface area (Å²) in [6.07, 6.45) is 2.11. The van der Waals surface area contributed by atoms with Crippen molar-refractivity contribution in [1.29, 1.82) is 0 Å². The average molecular weight is 214 g/mol. The molecule has 0 saturated carbocycles. The van der Waals surface area contributed by atoms with Gasteiger partial charge in [0.05, 0.1) is 0 Å². The Kier molecular flexibility index (Phi) is 3.12. The van der Waals surface area contributed by atoms with Gasteiger partial charge in [0.2, 0.25) is 0 Å². The zero-order chi connectivity index (χ0) is 10.7. The molecule has 2 rings (SSSR count). The fourth-order valence-electron chi connectivity index (χ4n) is 1.66. The average Bonchev–Trinajstić information content (AvgIpc) is 2.31. The Balaban J connectivity index is 2.52. The lowest BCUT2D eigenvalue weighted by atomic mass is 10.0. The molecule has 0 bridgehead atoms. The predicted molar refractivity (Wildman–Crippen MR) is 68.4 cm³/mol. The molecule has 76 valence electrons. The van der Waals surface area contributed by atoms with Gasteiger partial charge >= 0.3 is 0 Å². The highest BCUT2D eigenvalue weighted by Gasteiger charge is 2.01. The van der Waals surface area contributed by atoms with E-state index in [0.717, 1.165) is 0 Å². The first-order valence-corrected chi connectivity index (χ1v) is 6.24. The molecule has 0 aliphatic carbocycles.